The second kappa shape index (κ2) is 6.77. The quantitative estimate of drug-likeness (QED) is 0.454. The maximum atomic E-state index is 12.2. The lowest BCUT2D eigenvalue weighted by Crippen LogP contribution is -2.11. The van der Waals surface area contributed by atoms with Crippen LogP contribution in [0.2, 0.25) is 10.0 Å². The van der Waals surface area contributed by atoms with E-state index in [-0.39, 0.29) is 16.3 Å². The molecule has 5 nitrogen and oxygen atoms in total. The van der Waals surface area contributed by atoms with E-state index in [0.717, 1.165) is 0 Å². The summed E-state index contributed by atoms with van der Waals surface area (Å²) in [7, 11) is 0. The minimum Gasteiger partial charge on any atom is -0.454 e. The predicted octanol–water partition coefficient (Wildman–Crippen LogP) is 4.82. The van der Waals surface area contributed by atoms with E-state index >= 15 is 0 Å². The second-order valence-electron chi connectivity index (χ2n) is 4.49. The minimum atomic E-state index is -0.832. The molecule has 0 spiro atoms. The molecule has 114 valence electrons. The summed E-state index contributed by atoms with van der Waals surface area (Å²) in [5.74, 6) is -0.832. The van der Waals surface area contributed by atoms with Gasteiger partial charge in [0, 0.05) is 21.7 Å². The molecular weight excluding hydrogens is 329 g/mol. The molecule has 0 heterocycles. The van der Waals surface area contributed by atoms with Crippen molar-refractivity contribution in [3.05, 3.63) is 73.8 Å². The summed E-state index contributed by atoms with van der Waals surface area (Å²) in [6.45, 7) is 1.63. The molecule has 2 aromatic rings. The third kappa shape index (κ3) is 3.55. The van der Waals surface area contributed by atoms with Gasteiger partial charge in [-0.3, -0.25) is 10.1 Å². The van der Waals surface area contributed by atoms with Gasteiger partial charge in [0.15, 0.2) is 0 Å². The van der Waals surface area contributed by atoms with Crippen molar-refractivity contribution in [3.63, 3.8) is 0 Å². The Morgan fingerprint density at radius 1 is 1.23 bits per heavy atom. The summed E-state index contributed by atoms with van der Waals surface area (Å²) < 4.78 is 5.26. The van der Waals surface area contributed by atoms with E-state index in [1.807, 2.05) is 0 Å². The number of nitro groups is 1. The first-order chi connectivity index (χ1) is 10.4. The predicted molar refractivity (Wildman–Crippen MR) is 83.4 cm³/mol. The molecule has 22 heavy (non-hydrogen) atoms. The van der Waals surface area contributed by atoms with Crippen LogP contribution in [-0.4, -0.2) is 10.9 Å². The van der Waals surface area contributed by atoms with Crippen molar-refractivity contribution in [3.8, 4) is 0 Å². The number of halogens is 2. The van der Waals surface area contributed by atoms with E-state index in [9.17, 15) is 14.9 Å². The monoisotopic (exact) mass is 339 g/mol. The molecule has 0 aromatic heterocycles. The van der Waals surface area contributed by atoms with Gasteiger partial charge < -0.3 is 4.74 Å². The Bertz CT molecular complexity index is 733. The number of carbonyl (C=O) groups excluding carboxylic acids is 1. The van der Waals surface area contributed by atoms with Crippen LogP contribution in [0, 0.1) is 10.1 Å². The van der Waals surface area contributed by atoms with E-state index < -0.39 is 17.0 Å². The molecule has 0 bridgehead atoms. The molecule has 0 unspecified atom stereocenters. The van der Waals surface area contributed by atoms with E-state index in [1.54, 1.807) is 31.2 Å². The van der Waals surface area contributed by atoms with Crippen LogP contribution < -0.4 is 0 Å². The fraction of sp³-hybridized carbons (Fsp3) is 0.133. The van der Waals surface area contributed by atoms with E-state index in [2.05, 4.69) is 0 Å². The third-order valence-corrected chi connectivity index (χ3v) is 3.58. The van der Waals surface area contributed by atoms with Gasteiger partial charge in [0.1, 0.15) is 11.7 Å². The first-order valence-electron chi connectivity index (χ1n) is 6.29. The van der Waals surface area contributed by atoms with Gasteiger partial charge in [-0.15, -0.1) is 0 Å². The lowest BCUT2D eigenvalue weighted by molar-refractivity contribution is -0.385. The maximum absolute atomic E-state index is 12.2. The van der Waals surface area contributed by atoms with Gasteiger partial charge in [-0.2, -0.15) is 0 Å². The van der Waals surface area contributed by atoms with Gasteiger partial charge in [0.2, 0.25) is 0 Å². The number of nitro benzene ring substituents is 1. The highest BCUT2D eigenvalue weighted by Crippen LogP contribution is 2.28. The lowest BCUT2D eigenvalue weighted by atomic mass is 10.1. The summed E-state index contributed by atoms with van der Waals surface area (Å²) in [5, 5.41) is 11.6. The molecular formula is C15H11Cl2NO4. The fourth-order valence-electron chi connectivity index (χ4n) is 1.92. The van der Waals surface area contributed by atoms with Gasteiger partial charge in [0.05, 0.1) is 4.92 Å². The van der Waals surface area contributed by atoms with Crippen LogP contribution >= 0.6 is 23.2 Å². The fourth-order valence-corrected chi connectivity index (χ4v) is 2.38. The third-order valence-electron chi connectivity index (χ3n) is 3.00. The zero-order valence-corrected chi connectivity index (χ0v) is 13.0. The summed E-state index contributed by atoms with van der Waals surface area (Å²) >= 11 is 11.8. The molecule has 2 rings (SSSR count). The van der Waals surface area contributed by atoms with Gasteiger partial charge in [-0.25, -0.2) is 4.79 Å². The average molecular weight is 340 g/mol. The molecule has 2 aromatic carbocycles. The number of benzene rings is 2. The number of hydrogen-bond acceptors (Lipinski definition) is 4. The van der Waals surface area contributed by atoms with Crippen molar-refractivity contribution >= 4 is 34.9 Å². The standard InChI is InChI=1S/C15H11Cl2NO4/c1-9(11-4-2-3-5-13(11)17)22-15(19)12-8-10(16)6-7-14(12)18(20)21/h2-9H,1H3/t9-/m0/s1. The summed E-state index contributed by atoms with van der Waals surface area (Å²) in [5.41, 5.74) is 0.0550. The average Bonchev–Trinajstić information content (AvgIpc) is 2.47. The number of ether oxygens (including phenoxy) is 1. The van der Waals surface area contributed by atoms with Gasteiger partial charge in [-0.05, 0) is 25.1 Å². The molecule has 0 aliphatic heterocycles. The first-order valence-corrected chi connectivity index (χ1v) is 7.05. The van der Waals surface area contributed by atoms with E-state index in [4.69, 9.17) is 27.9 Å². The Hall–Kier alpha value is -2.11. The molecule has 0 fully saturated rings. The van der Waals surface area contributed by atoms with Crippen molar-refractivity contribution in [2.24, 2.45) is 0 Å². The van der Waals surface area contributed by atoms with Crippen LogP contribution in [0.25, 0.3) is 0 Å². The van der Waals surface area contributed by atoms with Gasteiger partial charge >= 0.3 is 5.97 Å². The van der Waals surface area contributed by atoms with E-state index in [1.165, 1.54) is 18.2 Å². The van der Waals surface area contributed by atoms with Gasteiger partial charge in [-0.1, -0.05) is 41.4 Å². The Kier molecular flexibility index (Phi) is 5.00. The molecule has 0 aliphatic rings. The Balaban J connectivity index is 2.28. The Morgan fingerprint density at radius 2 is 1.91 bits per heavy atom. The molecule has 0 radical (unpaired) electrons. The molecule has 0 N–H and O–H groups in total. The summed E-state index contributed by atoms with van der Waals surface area (Å²) in [4.78, 5) is 22.5. The highest BCUT2D eigenvalue weighted by Gasteiger charge is 2.24. The van der Waals surface area contributed by atoms with Crippen LogP contribution in [0.5, 0.6) is 0 Å². The van der Waals surface area contributed by atoms with Crippen LogP contribution in [-0.2, 0) is 4.74 Å². The number of nitrogens with zero attached hydrogens (tertiary/aromatic N) is 1. The summed E-state index contributed by atoms with van der Waals surface area (Å²) in [6, 6.07) is 10.6. The minimum absolute atomic E-state index is 0.198. The van der Waals surface area contributed by atoms with Crippen LogP contribution in [0.15, 0.2) is 42.5 Å². The van der Waals surface area contributed by atoms with Crippen molar-refractivity contribution in [2.75, 3.05) is 0 Å². The molecule has 1 atom stereocenters. The SMILES string of the molecule is C[C@H](OC(=O)c1cc(Cl)ccc1[N+](=O)[O-])c1ccccc1Cl. The van der Waals surface area contributed by atoms with Crippen LogP contribution in [0.4, 0.5) is 5.69 Å². The zero-order valence-electron chi connectivity index (χ0n) is 11.5. The molecule has 7 heteroatoms. The Labute approximate surface area is 136 Å². The number of rotatable bonds is 4. The summed E-state index contributed by atoms with van der Waals surface area (Å²) in [6.07, 6.45) is -0.653. The van der Waals surface area contributed by atoms with Gasteiger partial charge in [0.25, 0.3) is 5.69 Å². The van der Waals surface area contributed by atoms with Crippen LogP contribution in [0.3, 0.4) is 0 Å². The van der Waals surface area contributed by atoms with E-state index in [0.29, 0.717) is 10.6 Å². The van der Waals surface area contributed by atoms with Crippen molar-refractivity contribution < 1.29 is 14.5 Å². The first kappa shape index (κ1) is 16.3. The van der Waals surface area contributed by atoms with Crippen molar-refractivity contribution in [1.29, 1.82) is 0 Å². The topological polar surface area (TPSA) is 69.4 Å². The number of hydrogen-bond donors (Lipinski definition) is 0. The second-order valence-corrected chi connectivity index (χ2v) is 5.33. The van der Waals surface area contributed by atoms with Crippen LogP contribution in [0.1, 0.15) is 28.9 Å². The molecule has 0 saturated carbocycles. The number of carbonyl (C=O) groups is 1. The normalized spacial score (nSPS) is 11.8. The largest absolute Gasteiger partial charge is 0.454 e. The smallest absolute Gasteiger partial charge is 0.345 e. The lowest BCUT2D eigenvalue weighted by Gasteiger charge is -2.15. The zero-order chi connectivity index (χ0) is 16.3. The molecule has 0 aliphatic carbocycles. The number of esters is 1. The van der Waals surface area contributed by atoms with Crippen molar-refractivity contribution in [2.45, 2.75) is 13.0 Å². The Morgan fingerprint density at radius 3 is 2.55 bits per heavy atom. The van der Waals surface area contributed by atoms with Crippen molar-refractivity contribution in [1.82, 2.24) is 0 Å². The highest BCUT2D eigenvalue weighted by atomic mass is 35.5. The molecule has 0 amide bonds. The highest BCUT2D eigenvalue weighted by molar-refractivity contribution is 6.31. The maximum Gasteiger partial charge on any atom is 0.345 e. The molecule has 0 saturated heterocycles.